The van der Waals surface area contributed by atoms with Gasteiger partial charge < -0.3 is 10.4 Å². The van der Waals surface area contributed by atoms with Crippen molar-refractivity contribution in [3.8, 4) is 5.75 Å². The molecule has 0 radical (unpaired) electrons. The van der Waals surface area contributed by atoms with E-state index in [2.05, 4.69) is 26.2 Å². The number of benzene rings is 2. The quantitative estimate of drug-likeness (QED) is 0.407. The second-order valence-electron chi connectivity index (χ2n) is 5.96. The van der Waals surface area contributed by atoms with E-state index in [-0.39, 0.29) is 10.4 Å². The Morgan fingerprint density at radius 2 is 1.89 bits per heavy atom. The minimum Gasteiger partial charge on any atom is -0.501 e. The molecule has 2 N–H and O–H groups in total. The Balaban J connectivity index is 1.92. The summed E-state index contributed by atoms with van der Waals surface area (Å²) in [5.41, 5.74) is 2.85. The number of phenolic OH excluding ortho intramolecular Hbond substituents is 1. The van der Waals surface area contributed by atoms with Crippen molar-refractivity contribution in [1.82, 2.24) is 5.32 Å². The molecule has 2 aromatic rings. The fourth-order valence-corrected chi connectivity index (χ4v) is 3.90. The van der Waals surface area contributed by atoms with Gasteiger partial charge in [-0.3, -0.25) is 14.9 Å². The van der Waals surface area contributed by atoms with Crippen LogP contribution in [0.2, 0.25) is 0 Å². The molecule has 138 valence electrons. The fourth-order valence-electron chi connectivity index (χ4n) is 2.59. The molecule has 0 bridgehead atoms. The molecule has 1 heterocycles. The number of rotatable bonds is 3. The second kappa shape index (κ2) is 7.53. The molecule has 0 spiro atoms. The highest BCUT2D eigenvalue weighted by atomic mass is 79.9. The van der Waals surface area contributed by atoms with Crippen LogP contribution in [0.4, 0.5) is 11.4 Å². The first-order chi connectivity index (χ1) is 12.7. The van der Waals surface area contributed by atoms with E-state index in [1.54, 1.807) is 0 Å². The maximum atomic E-state index is 12.2. The zero-order chi connectivity index (χ0) is 19.7. The predicted octanol–water partition coefficient (Wildman–Crippen LogP) is 4.57. The van der Waals surface area contributed by atoms with Crippen LogP contribution >= 0.6 is 27.7 Å². The van der Waals surface area contributed by atoms with E-state index in [0.717, 1.165) is 28.6 Å². The van der Waals surface area contributed by atoms with Gasteiger partial charge in [-0.2, -0.15) is 0 Å². The van der Waals surface area contributed by atoms with E-state index in [4.69, 9.17) is 0 Å². The number of thioether (sulfide) groups is 1. The highest BCUT2D eigenvalue weighted by molar-refractivity contribution is 9.10. The number of carbonyl (C=O) groups is 1. The second-order valence-corrected chi connectivity index (χ2v) is 7.84. The van der Waals surface area contributed by atoms with Gasteiger partial charge in [-0.15, -0.1) is 0 Å². The number of nitro benzene ring substituents is 1. The third-order valence-electron chi connectivity index (χ3n) is 3.65. The minimum absolute atomic E-state index is 0.177. The monoisotopic (exact) mass is 447 g/mol. The number of aliphatic imine (C=N–C) groups is 1. The Morgan fingerprint density at radius 1 is 1.22 bits per heavy atom. The van der Waals surface area contributed by atoms with Gasteiger partial charge in [0.25, 0.3) is 5.91 Å². The maximum absolute atomic E-state index is 12.2. The SMILES string of the molecule is Cc1cc(C)cc(N=C2NC(=O)/C(=C\c3cc(Br)c(O)c([N+](=O)[O-])c3)S2)c1. The number of carbonyl (C=O) groups excluding carboxylic acids is 1. The van der Waals surface area contributed by atoms with E-state index < -0.39 is 16.4 Å². The number of halogens is 1. The first-order valence-electron chi connectivity index (χ1n) is 7.78. The number of nitrogens with zero attached hydrogens (tertiary/aromatic N) is 2. The lowest BCUT2D eigenvalue weighted by Gasteiger charge is -2.02. The van der Waals surface area contributed by atoms with Crippen molar-refractivity contribution in [1.29, 1.82) is 0 Å². The number of amides is 1. The first-order valence-corrected chi connectivity index (χ1v) is 9.38. The summed E-state index contributed by atoms with van der Waals surface area (Å²) in [5, 5.41) is 23.9. The number of hydrogen-bond acceptors (Lipinski definition) is 6. The molecule has 3 rings (SSSR count). The Kier molecular flexibility index (Phi) is 5.33. The lowest BCUT2D eigenvalue weighted by atomic mass is 10.1. The van der Waals surface area contributed by atoms with Crippen molar-refractivity contribution < 1.29 is 14.8 Å². The van der Waals surface area contributed by atoms with Crippen molar-refractivity contribution in [3.05, 3.63) is 66.5 Å². The molecule has 0 aromatic heterocycles. The largest absolute Gasteiger partial charge is 0.501 e. The van der Waals surface area contributed by atoms with E-state index in [9.17, 15) is 20.0 Å². The zero-order valence-corrected chi connectivity index (χ0v) is 16.7. The average Bonchev–Trinajstić information content (AvgIpc) is 2.88. The third-order valence-corrected chi connectivity index (χ3v) is 5.16. The molecule has 0 unspecified atom stereocenters. The van der Waals surface area contributed by atoms with Gasteiger partial charge in [0.1, 0.15) is 0 Å². The first kappa shape index (κ1) is 19.1. The van der Waals surface area contributed by atoms with Gasteiger partial charge in [0.05, 0.1) is 20.0 Å². The topological polar surface area (TPSA) is 105 Å². The van der Waals surface area contributed by atoms with Crippen LogP contribution in [-0.2, 0) is 4.79 Å². The highest BCUT2D eigenvalue weighted by Crippen LogP contribution is 2.37. The van der Waals surface area contributed by atoms with Crippen molar-refractivity contribution in [2.24, 2.45) is 4.99 Å². The number of hydrogen-bond donors (Lipinski definition) is 2. The number of nitrogens with one attached hydrogen (secondary N) is 1. The highest BCUT2D eigenvalue weighted by Gasteiger charge is 2.25. The zero-order valence-electron chi connectivity index (χ0n) is 14.3. The summed E-state index contributed by atoms with van der Waals surface area (Å²) in [6, 6.07) is 8.57. The van der Waals surface area contributed by atoms with Crippen LogP contribution < -0.4 is 5.32 Å². The Morgan fingerprint density at radius 3 is 2.52 bits per heavy atom. The van der Waals surface area contributed by atoms with Crippen LogP contribution in [0.5, 0.6) is 5.75 Å². The van der Waals surface area contributed by atoms with Gasteiger partial charge in [0.2, 0.25) is 5.75 Å². The lowest BCUT2D eigenvalue weighted by molar-refractivity contribution is -0.386. The number of amidine groups is 1. The molecule has 2 aromatic carbocycles. The van der Waals surface area contributed by atoms with Gasteiger partial charge in [-0.25, -0.2) is 4.99 Å². The van der Waals surface area contributed by atoms with Crippen molar-refractivity contribution in [3.63, 3.8) is 0 Å². The van der Waals surface area contributed by atoms with Gasteiger partial charge >= 0.3 is 5.69 Å². The van der Waals surface area contributed by atoms with Crippen molar-refractivity contribution >= 4 is 56.2 Å². The summed E-state index contributed by atoms with van der Waals surface area (Å²) in [5.74, 6) is -0.794. The molecular weight excluding hydrogens is 434 g/mol. The molecule has 1 aliphatic heterocycles. The summed E-state index contributed by atoms with van der Waals surface area (Å²) in [6.45, 7) is 3.94. The molecule has 1 amide bonds. The summed E-state index contributed by atoms with van der Waals surface area (Å²) < 4.78 is 0.177. The molecule has 27 heavy (non-hydrogen) atoms. The summed E-state index contributed by atoms with van der Waals surface area (Å²) >= 11 is 4.23. The van der Waals surface area contributed by atoms with Gasteiger partial charge in [0, 0.05) is 6.07 Å². The molecule has 1 fully saturated rings. The maximum Gasteiger partial charge on any atom is 0.312 e. The van der Waals surface area contributed by atoms with E-state index in [0.29, 0.717) is 15.6 Å². The predicted molar refractivity (Wildman–Crippen MR) is 109 cm³/mol. The normalized spacial score (nSPS) is 16.8. The summed E-state index contributed by atoms with van der Waals surface area (Å²) in [6.07, 6.45) is 1.52. The molecular formula is C18H14BrN3O4S. The number of aryl methyl sites for hydroxylation is 2. The number of nitro groups is 1. The summed E-state index contributed by atoms with van der Waals surface area (Å²) in [7, 11) is 0. The average molecular weight is 448 g/mol. The Labute approximate surface area is 167 Å². The fraction of sp³-hybridized carbons (Fsp3) is 0.111. The molecule has 7 nitrogen and oxygen atoms in total. The summed E-state index contributed by atoms with van der Waals surface area (Å²) in [4.78, 5) is 27.4. The lowest BCUT2D eigenvalue weighted by Crippen LogP contribution is -2.19. The van der Waals surface area contributed by atoms with Gasteiger partial charge in [-0.1, -0.05) is 6.07 Å². The molecule has 1 saturated heterocycles. The number of aromatic hydroxyl groups is 1. The Bertz CT molecular complexity index is 1010. The van der Waals surface area contributed by atoms with Crippen molar-refractivity contribution in [2.45, 2.75) is 13.8 Å². The van der Waals surface area contributed by atoms with E-state index in [1.807, 2.05) is 32.0 Å². The molecule has 0 atom stereocenters. The standard InChI is InChI=1S/C18H14BrN3O4S/c1-9-3-10(2)5-12(4-9)20-18-21-17(24)15(27-18)8-11-6-13(19)16(23)14(7-11)22(25)26/h3-8,23H,1-2H3,(H,20,21,24)/b15-8+. The minimum atomic E-state index is -0.684. The van der Waals surface area contributed by atoms with E-state index in [1.165, 1.54) is 18.2 Å². The molecule has 1 aliphatic rings. The van der Waals surface area contributed by atoms with Crippen LogP contribution in [-0.4, -0.2) is 21.1 Å². The van der Waals surface area contributed by atoms with Crippen molar-refractivity contribution in [2.75, 3.05) is 0 Å². The van der Waals surface area contributed by atoms with Crippen LogP contribution in [0.25, 0.3) is 6.08 Å². The third kappa shape index (κ3) is 4.37. The van der Waals surface area contributed by atoms with Gasteiger partial charge in [0.15, 0.2) is 5.17 Å². The van der Waals surface area contributed by atoms with Crippen LogP contribution in [0.15, 0.2) is 44.7 Å². The molecule has 0 saturated carbocycles. The smallest absolute Gasteiger partial charge is 0.312 e. The number of phenols is 1. The molecule has 0 aliphatic carbocycles. The van der Waals surface area contributed by atoms with Crippen LogP contribution in [0.1, 0.15) is 16.7 Å². The molecule has 9 heteroatoms. The Hall–Kier alpha value is -2.65. The van der Waals surface area contributed by atoms with E-state index >= 15 is 0 Å². The van der Waals surface area contributed by atoms with Crippen LogP contribution in [0.3, 0.4) is 0 Å². The van der Waals surface area contributed by atoms with Crippen LogP contribution in [0, 0.1) is 24.0 Å². The van der Waals surface area contributed by atoms with Gasteiger partial charge in [-0.05, 0) is 82.5 Å².